The van der Waals surface area contributed by atoms with E-state index in [2.05, 4.69) is 60.3 Å². The normalized spacial score (nSPS) is 11.3. The summed E-state index contributed by atoms with van der Waals surface area (Å²) in [6.07, 6.45) is 4.19. The Labute approximate surface area is 159 Å². The summed E-state index contributed by atoms with van der Waals surface area (Å²) >= 11 is 0. The quantitative estimate of drug-likeness (QED) is 0.348. The van der Waals surface area contributed by atoms with Crippen LogP contribution in [0.4, 0.5) is 4.39 Å². The summed E-state index contributed by atoms with van der Waals surface area (Å²) in [7, 11) is 0. The fourth-order valence-corrected chi connectivity index (χ4v) is 3.72. The van der Waals surface area contributed by atoms with Crippen LogP contribution in [0.5, 0.6) is 0 Å². The van der Waals surface area contributed by atoms with Gasteiger partial charge in [-0.25, -0.2) is 4.39 Å². The Balaban J connectivity index is 2.11. The molecule has 0 aliphatic heterocycles. The molecule has 132 valence electrons. The number of hydrogen-bond acceptors (Lipinski definition) is 0. The van der Waals surface area contributed by atoms with Crippen LogP contribution in [0.1, 0.15) is 22.3 Å². The number of benzene rings is 3. The third-order valence-corrected chi connectivity index (χ3v) is 5.03. The lowest BCUT2D eigenvalue weighted by Gasteiger charge is -2.30. The topological polar surface area (TPSA) is 3.88 Å². The summed E-state index contributed by atoms with van der Waals surface area (Å²) in [5.41, 5.74) is 3.85. The van der Waals surface area contributed by atoms with Crippen LogP contribution in [0.3, 0.4) is 0 Å². The monoisotopic (exact) mass is 354 g/mol. The van der Waals surface area contributed by atoms with Crippen LogP contribution in [-0.4, -0.2) is 0 Å². The zero-order valence-electron chi connectivity index (χ0n) is 15.2. The van der Waals surface area contributed by atoms with Gasteiger partial charge in [0.25, 0.3) is 0 Å². The molecule has 1 heterocycles. The molecule has 0 saturated carbocycles. The van der Waals surface area contributed by atoms with Crippen molar-refractivity contribution in [3.63, 3.8) is 0 Å². The van der Waals surface area contributed by atoms with Gasteiger partial charge in [-0.2, -0.15) is 4.57 Å². The zero-order valence-corrected chi connectivity index (χ0v) is 15.2. The Morgan fingerprint density at radius 2 is 1.04 bits per heavy atom. The SMILES string of the molecule is Cc1cc[n+](C(c2ccccc2)(c2ccccc2)c2ccc(F)cc2)cc1. The second-order valence-corrected chi connectivity index (χ2v) is 6.73. The molecule has 4 rings (SSSR count). The fourth-order valence-electron chi connectivity index (χ4n) is 3.72. The van der Waals surface area contributed by atoms with Crippen molar-refractivity contribution >= 4 is 0 Å². The lowest BCUT2D eigenvalue weighted by atomic mass is 9.76. The van der Waals surface area contributed by atoms with Crippen molar-refractivity contribution in [3.8, 4) is 0 Å². The molecule has 1 aromatic heterocycles. The van der Waals surface area contributed by atoms with E-state index in [4.69, 9.17) is 0 Å². The molecule has 0 radical (unpaired) electrons. The Morgan fingerprint density at radius 1 is 0.593 bits per heavy atom. The number of pyridine rings is 1. The van der Waals surface area contributed by atoms with Crippen molar-refractivity contribution < 1.29 is 8.96 Å². The molecule has 0 bridgehead atoms. The van der Waals surface area contributed by atoms with Gasteiger partial charge in [0.1, 0.15) is 5.82 Å². The maximum atomic E-state index is 13.7. The van der Waals surface area contributed by atoms with Gasteiger partial charge in [0, 0.05) is 28.8 Å². The average molecular weight is 354 g/mol. The highest BCUT2D eigenvalue weighted by Crippen LogP contribution is 2.36. The van der Waals surface area contributed by atoms with Gasteiger partial charge in [-0.15, -0.1) is 0 Å². The van der Waals surface area contributed by atoms with Crippen LogP contribution < -0.4 is 4.57 Å². The smallest absolute Gasteiger partial charge is 0.207 e. The largest absolute Gasteiger partial charge is 0.243 e. The molecule has 0 atom stereocenters. The van der Waals surface area contributed by atoms with Gasteiger partial charge < -0.3 is 0 Å². The summed E-state index contributed by atoms with van der Waals surface area (Å²) in [5.74, 6) is -0.234. The van der Waals surface area contributed by atoms with Crippen molar-refractivity contribution in [2.24, 2.45) is 0 Å². The first-order chi connectivity index (χ1) is 13.2. The minimum Gasteiger partial charge on any atom is -0.207 e. The number of halogens is 1. The maximum absolute atomic E-state index is 13.7. The predicted molar refractivity (Wildman–Crippen MR) is 106 cm³/mol. The second-order valence-electron chi connectivity index (χ2n) is 6.73. The first kappa shape index (κ1) is 17.2. The van der Waals surface area contributed by atoms with Crippen molar-refractivity contribution in [1.82, 2.24) is 0 Å². The summed E-state index contributed by atoms with van der Waals surface area (Å²) < 4.78 is 15.9. The van der Waals surface area contributed by atoms with Crippen LogP contribution in [-0.2, 0) is 5.54 Å². The molecule has 4 aromatic rings. The number of rotatable bonds is 4. The van der Waals surface area contributed by atoms with Gasteiger partial charge in [-0.05, 0) is 36.8 Å². The molecule has 0 spiro atoms. The van der Waals surface area contributed by atoms with Gasteiger partial charge in [-0.3, -0.25) is 0 Å². The van der Waals surface area contributed by atoms with Gasteiger partial charge in [0.15, 0.2) is 12.4 Å². The Hall–Kier alpha value is -3.26. The van der Waals surface area contributed by atoms with E-state index in [9.17, 15) is 4.39 Å². The lowest BCUT2D eigenvalue weighted by molar-refractivity contribution is -0.734. The van der Waals surface area contributed by atoms with E-state index >= 15 is 0 Å². The second kappa shape index (κ2) is 7.16. The molecule has 0 unspecified atom stereocenters. The van der Waals surface area contributed by atoms with E-state index in [1.165, 1.54) is 17.7 Å². The van der Waals surface area contributed by atoms with E-state index in [-0.39, 0.29) is 5.82 Å². The molecule has 0 aliphatic carbocycles. The standard InChI is InChI=1S/C25H21FN/c1-20-16-18-27(19-17-20)25(21-8-4-2-5-9-21,22-10-6-3-7-11-22)23-12-14-24(26)15-13-23/h2-19H,1H3/q+1. The molecular formula is C25H21FN+. The molecule has 0 N–H and O–H groups in total. The molecule has 2 heteroatoms. The highest BCUT2D eigenvalue weighted by molar-refractivity contribution is 5.46. The highest BCUT2D eigenvalue weighted by Gasteiger charge is 2.45. The lowest BCUT2D eigenvalue weighted by Crippen LogP contribution is -2.58. The molecule has 27 heavy (non-hydrogen) atoms. The van der Waals surface area contributed by atoms with Crippen molar-refractivity contribution in [2.75, 3.05) is 0 Å². The van der Waals surface area contributed by atoms with Gasteiger partial charge in [0.05, 0.1) is 0 Å². The number of hydrogen-bond donors (Lipinski definition) is 0. The summed E-state index contributed by atoms with van der Waals surface area (Å²) in [4.78, 5) is 0. The van der Waals surface area contributed by atoms with Gasteiger partial charge in [-0.1, -0.05) is 60.7 Å². The van der Waals surface area contributed by atoms with Crippen molar-refractivity contribution in [2.45, 2.75) is 12.5 Å². The number of aryl methyl sites for hydroxylation is 1. The third-order valence-electron chi connectivity index (χ3n) is 5.03. The summed E-state index contributed by atoms with van der Waals surface area (Å²) in [5, 5.41) is 0. The minimum atomic E-state index is -0.593. The van der Waals surface area contributed by atoms with Gasteiger partial charge >= 0.3 is 0 Å². The first-order valence-corrected chi connectivity index (χ1v) is 9.07. The average Bonchev–Trinajstić information content (AvgIpc) is 2.73. The van der Waals surface area contributed by atoms with Crippen molar-refractivity contribution in [3.05, 3.63) is 138 Å². The maximum Gasteiger partial charge on any atom is 0.243 e. The summed E-state index contributed by atoms with van der Waals surface area (Å²) in [6, 6.07) is 31.8. The third kappa shape index (κ3) is 3.04. The molecule has 0 fully saturated rings. The predicted octanol–water partition coefficient (Wildman–Crippen LogP) is 5.26. The van der Waals surface area contributed by atoms with E-state index in [0.29, 0.717) is 0 Å². The van der Waals surface area contributed by atoms with E-state index in [0.717, 1.165) is 16.7 Å². The molecule has 0 aliphatic rings. The van der Waals surface area contributed by atoms with E-state index in [1.807, 2.05) is 48.5 Å². The van der Waals surface area contributed by atoms with Crippen LogP contribution in [0, 0.1) is 12.7 Å². The van der Waals surface area contributed by atoms with Crippen LogP contribution in [0.2, 0.25) is 0 Å². The molecular weight excluding hydrogens is 333 g/mol. The Kier molecular flexibility index (Phi) is 4.55. The zero-order chi connectivity index (χ0) is 18.7. The highest BCUT2D eigenvalue weighted by atomic mass is 19.1. The first-order valence-electron chi connectivity index (χ1n) is 9.07. The van der Waals surface area contributed by atoms with Crippen LogP contribution >= 0.6 is 0 Å². The van der Waals surface area contributed by atoms with Crippen molar-refractivity contribution in [1.29, 1.82) is 0 Å². The summed E-state index contributed by atoms with van der Waals surface area (Å²) in [6.45, 7) is 2.08. The number of aromatic nitrogens is 1. The van der Waals surface area contributed by atoms with E-state index < -0.39 is 5.54 Å². The van der Waals surface area contributed by atoms with E-state index in [1.54, 1.807) is 0 Å². The van der Waals surface area contributed by atoms with Crippen LogP contribution in [0.25, 0.3) is 0 Å². The molecule has 0 amide bonds. The Morgan fingerprint density at radius 3 is 1.52 bits per heavy atom. The fraction of sp³-hybridized carbons (Fsp3) is 0.0800. The molecule has 1 nitrogen and oxygen atoms in total. The van der Waals surface area contributed by atoms with Crippen LogP contribution in [0.15, 0.2) is 109 Å². The molecule has 0 saturated heterocycles. The Bertz CT molecular complexity index is 920. The molecule has 3 aromatic carbocycles. The minimum absolute atomic E-state index is 0.234. The number of nitrogens with zero attached hydrogens (tertiary/aromatic N) is 1. The van der Waals surface area contributed by atoms with Gasteiger partial charge in [0.2, 0.25) is 5.54 Å².